The normalized spacial score (nSPS) is 26.2. The molecule has 0 amide bonds. The molecule has 5 heterocycles. The third-order valence-corrected chi connectivity index (χ3v) is 14.1. The van der Waals surface area contributed by atoms with Crippen molar-refractivity contribution in [2.45, 2.75) is 97.2 Å². The topological polar surface area (TPSA) is 184 Å². The molecule has 5 N–H and O–H groups in total. The lowest BCUT2D eigenvalue weighted by Gasteiger charge is -2.69. The smallest absolute Gasteiger partial charge is 0.355 e. The van der Waals surface area contributed by atoms with Crippen molar-refractivity contribution in [2.75, 3.05) is 43.1 Å². The van der Waals surface area contributed by atoms with E-state index < -0.39 is 5.97 Å². The van der Waals surface area contributed by atoms with Crippen LogP contribution in [0.4, 0.5) is 22.6 Å². The summed E-state index contributed by atoms with van der Waals surface area (Å²) >= 11 is 1.57. The number of anilines is 4. The van der Waals surface area contributed by atoms with E-state index in [1.165, 1.54) is 6.42 Å². The van der Waals surface area contributed by atoms with Crippen molar-refractivity contribution in [1.82, 2.24) is 35.3 Å². The van der Waals surface area contributed by atoms with Crippen LogP contribution in [-0.4, -0.2) is 95.8 Å². The molecule has 4 aliphatic carbocycles. The highest BCUT2D eigenvalue weighted by Gasteiger charge is 2.66. The first kappa shape index (κ1) is 38.9. The Labute approximate surface area is 342 Å². The Bertz CT molecular complexity index is 2320. The Morgan fingerprint density at radius 1 is 0.966 bits per heavy atom. The predicted molar refractivity (Wildman–Crippen MR) is 223 cm³/mol. The minimum atomic E-state index is -1.10. The Morgan fingerprint density at radius 2 is 1.74 bits per heavy atom. The van der Waals surface area contributed by atoms with Crippen LogP contribution in [0.3, 0.4) is 0 Å². The van der Waals surface area contributed by atoms with E-state index in [1.807, 2.05) is 55.1 Å². The van der Waals surface area contributed by atoms with Gasteiger partial charge in [0, 0.05) is 47.6 Å². The molecule has 58 heavy (non-hydrogen) atoms. The van der Waals surface area contributed by atoms with Crippen molar-refractivity contribution < 1.29 is 24.9 Å². The summed E-state index contributed by atoms with van der Waals surface area (Å²) in [6.07, 6.45) is 9.85. The van der Waals surface area contributed by atoms with Crippen molar-refractivity contribution in [3.05, 3.63) is 65.1 Å². The van der Waals surface area contributed by atoms with Crippen LogP contribution in [0.25, 0.3) is 21.3 Å². The number of carboxylic acid groups (broad SMARTS) is 1. The van der Waals surface area contributed by atoms with Gasteiger partial charge in [-0.15, -0.1) is 10.2 Å². The highest BCUT2D eigenvalue weighted by molar-refractivity contribution is 7.22. The van der Waals surface area contributed by atoms with Crippen LogP contribution in [0, 0.1) is 30.1 Å². The summed E-state index contributed by atoms with van der Waals surface area (Å²) in [5.74, 6) is 0.768. The van der Waals surface area contributed by atoms with Crippen LogP contribution >= 0.6 is 11.3 Å². The molecule has 0 saturated heterocycles. The summed E-state index contributed by atoms with van der Waals surface area (Å²) in [4.78, 5) is 24.4. The minimum Gasteiger partial charge on any atom is -0.476 e. The minimum absolute atomic E-state index is 0.0131. The number of thiazole rings is 1. The number of para-hydroxylation sites is 1. The van der Waals surface area contributed by atoms with Gasteiger partial charge in [-0.05, 0) is 106 Å². The van der Waals surface area contributed by atoms with Crippen LogP contribution < -0.4 is 15.5 Å². The second-order valence-electron chi connectivity index (χ2n) is 18.2. The van der Waals surface area contributed by atoms with E-state index in [4.69, 9.17) is 19.8 Å². The van der Waals surface area contributed by atoms with Crippen LogP contribution in [0.1, 0.15) is 86.1 Å². The highest BCUT2D eigenvalue weighted by atomic mass is 32.1. The second-order valence-corrected chi connectivity index (χ2v) is 19.3. The van der Waals surface area contributed by atoms with Crippen LogP contribution in [0.15, 0.2) is 42.6 Å². The summed E-state index contributed by atoms with van der Waals surface area (Å²) in [6, 6.07) is 11.4. The lowest BCUT2D eigenvalue weighted by molar-refractivity contribution is -0.247. The first-order valence-electron chi connectivity index (χ1n) is 20.4. The van der Waals surface area contributed by atoms with Crippen molar-refractivity contribution >= 4 is 50.1 Å². The lowest BCUT2D eigenvalue weighted by atomic mass is 9.39. The van der Waals surface area contributed by atoms with Gasteiger partial charge in [0.25, 0.3) is 0 Å². The number of hydrogen-bond acceptors (Lipinski definition) is 13. The summed E-state index contributed by atoms with van der Waals surface area (Å²) in [5.41, 5.74) is 5.22. The number of aromatic carboxylic acids is 1. The van der Waals surface area contributed by atoms with Gasteiger partial charge in [-0.1, -0.05) is 37.3 Å². The summed E-state index contributed by atoms with van der Waals surface area (Å²) in [6.45, 7) is 11.1. The molecule has 2 unspecified atom stereocenters. The number of rotatable bonds is 14. The van der Waals surface area contributed by atoms with Gasteiger partial charge in [0.1, 0.15) is 5.82 Å². The van der Waals surface area contributed by atoms with Crippen molar-refractivity contribution in [3.8, 4) is 11.1 Å². The number of ether oxygens (including phenoxy) is 1. The number of nitrogens with zero attached hydrogens (tertiary/aromatic N) is 7. The Balaban J connectivity index is 0.959. The quantitative estimate of drug-likeness (QED) is 0.0761. The number of aliphatic hydroxyl groups excluding tert-OH is 2. The van der Waals surface area contributed by atoms with E-state index in [-0.39, 0.29) is 46.8 Å². The molecule has 10 rings (SSSR count). The molecule has 5 aliphatic rings. The van der Waals surface area contributed by atoms with E-state index in [0.29, 0.717) is 42.7 Å². The summed E-state index contributed by atoms with van der Waals surface area (Å²) in [5, 5.41) is 51.0. The molecule has 1 aromatic carbocycles. The molecular formula is C43H53N9O5S. The molecule has 1 aliphatic heterocycles. The van der Waals surface area contributed by atoms with E-state index in [2.05, 4.69) is 39.4 Å². The lowest BCUT2D eigenvalue weighted by Crippen LogP contribution is -2.64. The Hall–Kier alpha value is -4.54. The fourth-order valence-electron chi connectivity index (χ4n) is 12.0. The van der Waals surface area contributed by atoms with Gasteiger partial charge in [0.05, 0.1) is 47.9 Å². The maximum absolute atomic E-state index is 12.9. The highest BCUT2D eigenvalue weighted by Crippen LogP contribution is 2.72. The third kappa shape index (κ3) is 7.04. The monoisotopic (exact) mass is 807 g/mol. The number of aromatic nitrogens is 6. The fourth-order valence-corrected chi connectivity index (χ4v) is 12.8. The Morgan fingerprint density at radius 3 is 2.48 bits per heavy atom. The van der Waals surface area contributed by atoms with Gasteiger partial charge in [-0.3, -0.25) is 4.68 Å². The summed E-state index contributed by atoms with van der Waals surface area (Å²) < 4.78 is 9.98. The molecule has 5 aromatic rings. The average Bonchev–Trinajstić information content (AvgIpc) is 3.75. The Kier molecular flexibility index (Phi) is 9.82. The largest absolute Gasteiger partial charge is 0.476 e. The molecule has 306 valence electrons. The van der Waals surface area contributed by atoms with Gasteiger partial charge in [0.2, 0.25) is 0 Å². The first-order valence-corrected chi connectivity index (χ1v) is 21.3. The van der Waals surface area contributed by atoms with Gasteiger partial charge < -0.3 is 35.6 Å². The van der Waals surface area contributed by atoms with E-state index in [9.17, 15) is 20.1 Å². The molecule has 4 fully saturated rings. The number of carboxylic acids is 1. The second kappa shape index (κ2) is 14.6. The molecule has 0 radical (unpaired) electrons. The predicted octanol–water partition coefficient (Wildman–Crippen LogP) is 6.57. The molecule has 4 aromatic heterocycles. The maximum Gasteiger partial charge on any atom is 0.355 e. The first-order chi connectivity index (χ1) is 27.8. The molecule has 4 bridgehead atoms. The van der Waals surface area contributed by atoms with Crippen LogP contribution in [0.5, 0.6) is 0 Å². The molecule has 4 saturated carbocycles. The number of pyridine rings is 1. The maximum atomic E-state index is 12.9. The van der Waals surface area contributed by atoms with E-state index in [0.717, 1.165) is 89.2 Å². The van der Waals surface area contributed by atoms with Crippen molar-refractivity contribution in [2.24, 2.45) is 16.2 Å². The van der Waals surface area contributed by atoms with E-state index >= 15 is 0 Å². The van der Waals surface area contributed by atoms with Gasteiger partial charge in [-0.25, -0.2) is 14.8 Å². The number of benzene rings is 1. The molecule has 15 heteroatoms. The SMILES string of the molecule is Cc1c(Nc2nc3ccccc3s2)nnc2c1CCCN2c1ccc(-c2cnn(CC34CC5(C)CC(C)(C3)CC(OCCNC(CO)CO)(C5)C4)c2C)c(C(=O)O)n1. The zero-order valence-electron chi connectivity index (χ0n) is 33.7. The molecule has 2 atom stereocenters. The van der Waals surface area contributed by atoms with Crippen LogP contribution in [-0.2, 0) is 17.7 Å². The van der Waals surface area contributed by atoms with Crippen LogP contribution in [0.2, 0.25) is 0 Å². The van der Waals surface area contributed by atoms with Gasteiger partial charge >= 0.3 is 5.97 Å². The fraction of sp³-hybridized carbons (Fsp3) is 0.535. The third-order valence-electron chi connectivity index (χ3n) is 13.2. The number of carbonyl (C=O) groups is 1. The molecule has 14 nitrogen and oxygen atoms in total. The van der Waals surface area contributed by atoms with Gasteiger partial charge in [-0.2, -0.15) is 5.10 Å². The zero-order valence-corrected chi connectivity index (χ0v) is 34.5. The molecular weight excluding hydrogens is 755 g/mol. The van der Waals surface area contributed by atoms with Gasteiger partial charge in [0.15, 0.2) is 22.5 Å². The van der Waals surface area contributed by atoms with E-state index in [1.54, 1.807) is 17.5 Å². The standard InChI is InChI=1S/C43H53N9O5S/c1-26-29-8-7-14-51(37(29)50-49-36(26)48-39-46-32-9-5-6-10-33(32)58-39)34-12-11-30(35(47-34)38(55)56)31-16-45-52(27(31)2)25-42-20-40(3)19-41(4,21-42)23-43(22-40,24-42)57-15-13-44-28(17-53)18-54/h5-6,9-12,16,28,44,53-54H,7-8,13-15,17-25H2,1-4H3,(H,55,56)(H,46,48,49). The van der Waals surface area contributed by atoms with Crippen molar-refractivity contribution in [3.63, 3.8) is 0 Å². The number of nitrogens with one attached hydrogen (secondary N) is 2. The number of hydrogen-bond donors (Lipinski definition) is 5. The van der Waals surface area contributed by atoms with Crippen molar-refractivity contribution in [1.29, 1.82) is 0 Å². The number of aliphatic hydroxyl groups is 2. The zero-order chi connectivity index (χ0) is 40.5. The average molecular weight is 808 g/mol. The number of fused-ring (bicyclic) bond motifs is 2. The molecule has 0 spiro atoms. The summed E-state index contributed by atoms with van der Waals surface area (Å²) in [7, 11) is 0.